The van der Waals surface area contributed by atoms with E-state index < -0.39 is 0 Å². The lowest BCUT2D eigenvalue weighted by Gasteiger charge is -2.29. The number of hydrogen-bond acceptors (Lipinski definition) is 5. The molecule has 0 amide bonds. The van der Waals surface area contributed by atoms with Gasteiger partial charge in [-0.3, -0.25) is 9.89 Å². The van der Waals surface area contributed by atoms with Crippen LogP contribution in [0.1, 0.15) is 48.7 Å². The maximum Gasteiger partial charge on any atom is 0.267 e. The number of H-pyrrole nitrogens is 1. The van der Waals surface area contributed by atoms with Crippen LogP contribution in [0.4, 0.5) is 0 Å². The van der Waals surface area contributed by atoms with E-state index in [9.17, 15) is 4.79 Å². The lowest BCUT2D eigenvalue weighted by molar-refractivity contribution is 0.268. The Morgan fingerprint density at radius 2 is 2.00 bits per heavy atom. The zero-order chi connectivity index (χ0) is 18.8. The summed E-state index contributed by atoms with van der Waals surface area (Å²) in [5.41, 5.74) is 3.07. The van der Waals surface area contributed by atoms with E-state index in [0.29, 0.717) is 11.9 Å². The lowest BCUT2D eigenvalue weighted by Crippen LogP contribution is -2.36. The number of aryl methyl sites for hydroxylation is 2. The van der Waals surface area contributed by atoms with E-state index in [0.717, 1.165) is 49.2 Å². The SMILES string of the molecule is Cc1cc(C)n(-c2ccc(=O)n(C3CCC(NCc4cn[nH]c4)CC3)n2)n1. The highest BCUT2D eigenvalue weighted by molar-refractivity contribution is 5.24. The van der Waals surface area contributed by atoms with Crippen LogP contribution in [-0.2, 0) is 6.54 Å². The van der Waals surface area contributed by atoms with Gasteiger partial charge in [-0.1, -0.05) is 0 Å². The molecule has 3 aromatic rings. The van der Waals surface area contributed by atoms with E-state index in [1.807, 2.05) is 32.3 Å². The molecule has 0 unspecified atom stereocenters. The van der Waals surface area contributed by atoms with Crippen molar-refractivity contribution in [3.05, 3.63) is 57.9 Å². The molecular formula is C19H25N7O. The van der Waals surface area contributed by atoms with Crippen LogP contribution in [0.3, 0.4) is 0 Å². The summed E-state index contributed by atoms with van der Waals surface area (Å²) in [4.78, 5) is 12.4. The summed E-state index contributed by atoms with van der Waals surface area (Å²) in [6.07, 6.45) is 7.69. The van der Waals surface area contributed by atoms with Crippen LogP contribution in [-0.4, -0.2) is 35.8 Å². The van der Waals surface area contributed by atoms with E-state index in [1.165, 1.54) is 0 Å². The minimum Gasteiger partial charge on any atom is -0.310 e. The molecule has 1 fully saturated rings. The van der Waals surface area contributed by atoms with E-state index in [1.54, 1.807) is 21.5 Å². The minimum absolute atomic E-state index is 0.0462. The van der Waals surface area contributed by atoms with Crippen LogP contribution in [0.2, 0.25) is 0 Å². The van der Waals surface area contributed by atoms with E-state index >= 15 is 0 Å². The second-order valence-electron chi connectivity index (χ2n) is 7.31. The molecule has 4 rings (SSSR count). The van der Waals surface area contributed by atoms with Crippen LogP contribution >= 0.6 is 0 Å². The van der Waals surface area contributed by atoms with Gasteiger partial charge in [0.15, 0.2) is 5.82 Å². The van der Waals surface area contributed by atoms with Crippen molar-refractivity contribution < 1.29 is 0 Å². The highest BCUT2D eigenvalue weighted by atomic mass is 16.1. The highest BCUT2D eigenvalue weighted by Gasteiger charge is 2.24. The standard InChI is InChI=1S/C19H25N7O/c1-13-9-14(2)25(23-13)18-7-8-19(27)26(24-18)17-5-3-16(4-6-17)20-10-15-11-21-22-12-15/h7-9,11-12,16-17,20H,3-6,10H2,1-2H3,(H,21,22). The van der Waals surface area contributed by atoms with Gasteiger partial charge in [0.25, 0.3) is 5.56 Å². The molecule has 1 saturated carbocycles. The molecule has 8 heteroatoms. The maximum atomic E-state index is 12.4. The van der Waals surface area contributed by atoms with Crippen LogP contribution in [0.15, 0.2) is 35.4 Å². The fraction of sp³-hybridized carbons (Fsp3) is 0.474. The number of nitrogens with one attached hydrogen (secondary N) is 2. The fourth-order valence-corrected chi connectivity index (χ4v) is 3.81. The molecule has 0 spiro atoms. The van der Waals surface area contributed by atoms with Crippen molar-refractivity contribution in [1.82, 2.24) is 35.1 Å². The molecule has 27 heavy (non-hydrogen) atoms. The van der Waals surface area contributed by atoms with Gasteiger partial charge in [0, 0.05) is 36.1 Å². The number of nitrogens with zero attached hydrogens (tertiary/aromatic N) is 5. The maximum absolute atomic E-state index is 12.4. The quantitative estimate of drug-likeness (QED) is 0.720. The molecule has 0 saturated heterocycles. The van der Waals surface area contributed by atoms with E-state index in [-0.39, 0.29) is 11.6 Å². The first-order valence-corrected chi connectivity index (χ1v) is 9.44. The van der Waals surface area contributed by atoms with Crippen molar-refractivity contribution in [3.63, 3.8) is 0 Å². The Morgan fingerprint density at radius 1 is 1.19 bits per heavy atom. The van der Waals surface area contributed by atoms with Crippen molar-refractivity contribution in [1.29, 1.82) is 0 Å². The van der Waals surface area contributed by atoms with Crippen molar-refractivity contribution >= 4 is 0 Å². The van der Waals surface area contributed by atoms with Crippen LogP contribution < -0.4 is 10.9 Å². The second-order valence-corrected chi connectivity index (χ2v) is 7.31. The Kier molecular flexibility index (Phi) is 4.89. The summed E-state index contributed by atoms with van der Waals surface area (Å²) in [7, 11) is 0. The molecular weight excluding hydrogens is 342 g/mol. The molecule has 0 aliphatic heterocycles. The average molecular weight is 367 g/mol. The molecule has 2 N–H and O–H groups in total. The molecule has 0 atom stereocenters. The lowest BCUT2D eigenvalue weighted by atomic mass is 9.91. The molecule has 8 nitrogen and oxygen atoms in total. The Labute approximate surface area is 157 Å². The first-order chi connectivity index (χ1) is 13.1. The zero-order valence-corrected chi connectivity index (χ0v) is 15.7. The Balaban J connectivity index is 1.44. The number of rotatable bonds is 5. The topological polar surface area (TPSA) is 93.4 Å². The summed E-state index contributed by atoms with van der Waals surface area (Å²) in [5.74, 6) is 0.695. The Bertz CT molecular complexity index is 949. The third-order valence-corrected chi connectivity index (χ3v) is 5.23. The van der Waals surface area contributed by atoms with Crippen molar-refractivity contribution in [2.75, 3.05) is 0 Å². The normalized spacial score (nSPS) is 20.1. The third kappa shape index (κ3) is 3.85. The van der Waals surface area contributed by atoms with Gasteiger partial charge in [-0.2, -0.15) is 10.2 Å². The molecule has 0 bridgehead atoms. The van der Waals surface area contributed by atoms with Crippen molar-refractivity contribution in [3.8, 4) is 5.82 Å². The van der Waals surface area contributed by atoms with Crippen LogP contribution in [0.25, 0.3) is 5.82 Å². The van der Waals surface area contributed by atoms with Crippen molar-refractivity contribution in [2.45, 2.75) is 58.2 Å². The number of hydrogen-bond donors (Lipinski definition) is 2. The van der Waals surface area contributed by atoms with Gasteiger partial charge in [0.1, 0.15) is 0 Å². The largest absolute Gasteiger partial charge is 0.310 e. The smallest absolute Gasteiger partial charge is 0.267 e. The zero-order valence-electron chi connectivity index (χ0n) is 15.7. The average Bonchev–Trinajstić information content (AvgIpc) is 3.30. The van der Waals surface area contributed by atoms with Gasteiger partial charge in [-0.25, -0.2) is 9.36 Å². The third-order valence-electron chi connectivity index (χ3n) is 5.23. The summed E-state index contributed by atoms with van der Waals surface area (Å²) >= 11 is 0. The van der Waals surface area contributed by atoms with Crippen molar-refractivity contribution in [2.24, 2.45) is 0 Å². The van der Waals surface area contributed by atoms with Gasteiger partial charge in [0.05, 0.1) is 17.9 Å². The Hall–Kier alpha value is -2.74. The first kappa shape index (κ1) is 17.7. The molecule has 142 valence electrons. The van der Waals surface area contributed by atoms with Gasteiger partial charge in [-0.15, -0.1) is 5.10 Å². The van der Waals surface area contributed by atoms with Gasteiger partial charge < -0.3 is 5.32 Å². The van der Waals surface area contributed by atoms with E-state index in [2.05, 4.69) is 25.7 Å². The molecule has 3 heterocycles. The van der Waals surface area contributed by atoms with Crippen LogP contribution in [0, 0.1) is 13.8 Å². The molecule has 3 aromatic heterocycles. The monoisotopic (exact) mass is 367 g/mol. The molecule has 1 aliphatic carbocycles. The summed E-state index contributed by atoms with van der Waals surface area (Å²) in [5, 5.41) is 19.5. The summed E-state index contributed by atoms with van der Waals surface area (Å²) < 4.78 is 3.45. The summed E-state index contributed by atoms with van der Waals surface area (Å²) in [6.45, 7) is 4.77. The molecule has 0 aromatic carbocycles. The fourth-order valence-electron chi connectivity index (χ4n) is 3.81. The van der Waals surface area contributed by atoms with Crippen LogP contribution in [0.5, 0.6) is 0 Å². The predicted octanol–water partition coefficient (Wildman–Crippen LogP) is 2.04. The van der Waals surface area contributed by atoms with E-state index in [4.69, 9.17) is 0 Å². The summed E-state index contributed by atoms with van der Waals surface area (Å²) in [6, 6.07) is 5.96. The van der Waals surface area contributed by atoms with Gasteiger partial charge in [-0.05, 0) is 51.7 Å². The second kappa shape index (κ2) is 7.48. The Morgan fingerprint density at radius 3 is 2.67 bits per heavy atom. The number of aromatic amines is 1. The highest BCUT2D eigenvalue weighted by Crippen LogP contribution is 2.27. The molecule has 0 radical (unpaired) electrons. The van der Waals surface area contributed by atoms with Gasteiger partial charge in [0.2, 0.25) is 0 Å². The predicted molar refractivity (Wildman–Crippen MR) is 102 cm³/mol. The minimum atomic E-state index is -0.0462. The van der Waals surface area contributed by atoms with Gasteiger partial charge >= 0.3 is 0 Å². The molecule has 1 aliphatic rings. The first-order valence-electron chi connectivity index (χ1n) is 9.44. The number of aromatic nitrogens is 6.